The van der Waals surface area contributed by atoms with Crippen molar-refractivity contribution in [2.24, 2.45) is 7.05 Å². The van der Waals surface area contributed by atoms with Crippen molar-refractivity contribution in [3.63, 3.8) is 0 Å². The standard InChI is InChI=1S/C12H13N3O2/c1-15-8-10(7-13-15)14-12(17)6-9-2-4-11(16)5-3-9/h2-5,7-8,16H,6H2,1H3,(H,14,17). The van der Waals surface area contributed by atoms with Gasteiger partial charge in [0.2, 0.25) is 5.91 Å². The minimum atomic E-state index is -0.108. The number of benzene rings is 1. The molecule has 0 saturated carbocycles. The van der Waals surface area contributed by atoms with Crippen LogP contribution in [0.4, 0.5) is 5.69 Å². The number of amides is 1. The molecule has 1 aromatic carbocycles. The van der Waals surface area contributed by atoms with Crippen LogP contribution in [0.25, 0.3) is 0 Å². The maximum atomic E-state index is 11.7. The lowest BCUT2D eigenvalue weighted by atomic mass is 10.1. The van der Waals surface area contributed by atoms with Crippen LogP contribution in [0, 0.1) is 0 Å². The van der Waals surface area contributed by atoms with Crippen molar-refractivity contribution in [2.45, 2.75) is 6.42 Å². The van der Waals surface area contributed by atoms with Gasteiger partial charge >= 0.3 is 0 Å². The average Bonchev–Trinajstić information content (AvgIpc) is 2.67. The van der Waals surface area contributed by atoms with E-state index in [1.807, 2.05) is 0 Å². The third kappa shape index (κ3) is 3.07. The van der Waals surface area contributed by atoms with Gasteiger partial charge in [-0.1, -0.05) is 12.1 Å². The minimum Gasteiger partial charge on any atom is -0.508 e. The number of aromatic hydroxyl groups is 1. The summed E-state index contributed by atoms with van der Waals surface area (Å²) >= 11 is 0. The number of carbonyl (C=O) groups excluding carboxylic acids is 1. The first-order valence-corrected chi connectivity index (χ1v) is 5.20. The fourth-order valence-electron chi connectivity index (χ4n) is 1.49. The number of anilines is 1. The molecular formula is C12H13N3O2. The average molecular weight is 231 g/mol. The summed E-state index contributed by atoms with van der Waals surface area (Å²) in [7, 11) is 1.79. The van der Waals surface area contributed by atoms with Crippen LogP contribution in [0.15, 0.2) is 36.7 Å². The Morgan fingerprint density at radius 1 is 1.41 bits per heavy atom. The van der Waals surface area contributed by atoms with Gasteiger partial charge in [-0.3, -0.25) is 9.48 Å². The minimum absolute atomic E-state index is 0.108. The molecule has 0 radical (unpaired) electrons. The van der Waals surface area contributed by atoms with Crippen molar-refractivity contribution in [3.05, 3.63) is 42.2 Å². The molecule has 0 fully saturated rings. The van der Waals surface area contributed by atoms with Crippen LogP contribution in [-0.2, 0) is 18.3 Å². The molecule has 0 bridgehead atoms. The summed E-state index contributed by atoms with van der Waals surface area (Å²) in [6.07, 6.45) is 3.60. The summed E-state index contributed by atoms with van der Waals surface area (Å²) in [6, 6.07) is 6.57. The Labute approximate surface area is 98.7 Å². The zero-order valence-corrected chi connectivity index (χ0v) is 9.42. The molecule has 1 amide bonds. The van der Waals surface area contributed by atoms with Crippen LogP contribution in [-0.4, -0.2) is 20.8 Å². The number of aromatic nitrogens is 2. The predicted octanol–water partition coefficient (Wildman–Crippen LogP) is 1.31. The lowest BCUT2D eigenvalue weighted by molar-refractivity contribution is -0.115. The van der Waals surface area contributed by atoms with E-state index in [9.17, 15) is 4.79 Å². The molecule has 2 aromatic rings. The molecule has 5 heteroatoms. The molecule has 0 atom stereocenters. The Morgan fingerprint density at radius 2 is 2.12 bits per heavy atom. The van der Waals surface area contributed by atoms with E-state index in [1.54, 1.807) is 48.4 Å². The number of phenols is 1. The largest absolute Gasteiger partial charge is 0.508 e. The summed E-state index contributed by atoms with van der Waals surface area (Å²) in [4.78, 5) is 11.7. The Bertz CT molecular complexity index is 517. The molecule has 0 saturated heterocycles. The van der Waals surface area contributed by atoms with Crippen molar-refractivity contribution >= 4 is 11.6 Å². The molecule has 88 valence electrons. The third-order valence-electron chi connectivity index (χ3n) is 2.29. The quantitative estimate of drug-likeness (QED) is 0.836. The van der Waals surface area contributed by atoms with Crippen LogP contribution >= 0.6 is 0 Å². The highest BCUT2D eigenvalue weighted by Gasteiger charge is 2.05. The molecule has 2 rings (SSSR count). The van der Waals surface area contributed by atoms with Crippen LogP contribution in [0.2, 0.25) is 0 Å². The first-order chi connectivity index (χ1) is 8.13. The number of hydrogen-bond acceptors (Lipinski definition) is 3. The van der Waals surface area contributed by atoms with Crippen molar-refractivity contribution < 1.29 is 9.90 Å². The van der Waals surface area contributed by atoms with Gasteiger partial charge in [0.05, 0.1) is 18.3 Å². The maximum Gasteiger partial charge on any atom is 0.228 e. The van der Waals surface area contributed by atoms with Crippen LogP contribution in [0.3, 0.4) is 0 Å². The van der Waals surface area contributed by atoms with Gasteiger partial charge in [-0.2, -0.15) is 5.10 Å². The van der Waals surface area contributed by atoms with Crippen molar-refractivity contribution in [2.75, 3.05) is 5.32 Å². The van der Waals surface area contributed by atoms with Crippen molar-refractivity contribution in [1.29, 1.82) is 0 Å². The second-order valence-corrected chi connectivity index (χ2v) is 3.79. The molecule has 2 N–H and O–H groups in total. The van der Waals surface area contributed by atoms with Crippen LogP contribution < -0.4 is 5.32 Å². The van der Waals surface area contributed by atoms with E-state index < -0.39 is 0 Å². The molecule has 0 unspecified atom stereocenters. The number of aryl methyl sites for hydroxylation is 1. The van der Waals surface area contributed by atoms with Crippen LogP contribution in [0.5, 0.6) is 5.75 Å². The molecular weight excluding hydrogens is 218 g/mol. The highest BCUT2D eigenvalue weighted by molar-refractivity contribution is 5.91. The Balaban J connectivity index is 1.95. The van der Waals surface area contributed by atoms with Gasteiger partial charge in [0, 0.05) is 13.2 Å². The van der Waals surface area contributed by atoms with E-state index in [-0.39, 0.29) is 18.1 Å². The molecule has 1 heterocycles. The van der Waals surface area contributed by atoms with Crippen molar-refractivity contribution in [1.82, 2.24) is 9.78 Å². The molecule has 0 aliphatic carbocycles. The van der Waals surface area contributed by atoms with Gasteiger partial charge in [0.25, 0.3) is 0 Å². The second kappa shape index (κ2) is 4.69. The van der Waals surface area contributed by atoms with Gasteiger partial charge in [-0.25, -0.2) is 0 Å². The number of carbonyl (C=O) groups is 1. The number of nitrogens with one attached hydrogen (secondary N) is 1. The monoisotopic (exact) mass is 231 g/mol. The van der Waals surface area contributed by atoms with E-state index in [0.717, 1.165) is 5.56 Å². The molecule has 5 nitrogen and oxygen atoms in total. The van der Waals surface area contributed by atoms with Gasteiger partial charge in [0.15, 0.2) is 0 Å². The van der Waals surface area contributed by atoms with Gasteiger partial charge in [0.1, 0.15) is 5.75 Å². The number of hydrogen-bond donors (Lipinski definition) is 2. The predicted molar refractivity (Wildman–Crippen MR) is 63.6 cm³/mol. The zero-order chi connectivity index (χ0) is 12.3. The van der Waals surface area contributed by atoms with E-state index >= 15 is 0 Å². The SMILES string of the molecule is Cn1cc(NC(=O)Cc2ccc(O)cc2)cn1. The van der Waals surface area contributed by atoms with Crippen LogP contribution in [0.1, 0.15) is 5.56 Å². The van der Waals surface area contributed by atoms with Crippen molar-refractivity contribution in [3.8, 4) is 5.75 Å². The molecule has 0 aliphatic rings. The highest BCUT2D eigenvalue weighted by Crippen LogP contribution is 2.11. The lowest BCUT2D eigenvalue weighted by Gasteiger charge is -2.02. The topological polar surface area (TPSA) is 67.2 Å². The molecule has 0 aliphatic heterocycles. The summed E-state index contributed by atoms with van der Waals surface area (Å²) in [5.74, 6) is 0.0881. The van der Waals surface area contributed by atoms with E-state index in [1.165, 1.54) is 0 Å². The first kappa shape index (κ1) is 11.2. The molecule has 0 spiro atoms. The number of rotatable bonds is 3. The fourth-order valence-corrected chi connectivity index (χ4v) is 1.49. The number of nitrogens with zero attached hydrogens (tertiary/aromatic N) is 2. The maximum absolute atomic E-state index is 11.7. The summed E-state index contributed by atoms with van der Waals surface area (Å²) in [6.45, 7) is 0. The van der Waals surface area contributed by atoms with Gasteiger partial charge in [-0.05, 0) is 17.7 Å². The normalized spacial score (nSPS) is 10.2. The molecule has 17 heavy (non-hydrogen) atoms. The highest BCUT2D eigenvalue weighted by atomic mass is 16.3. The Kier molecular flexibility index (Phi) is 3.09. The van der Waals surface area contributed by atoms with Gasteiger partial charge < -0.3 is 10.4 Å². The van der Waals surface area contributed by atoms with E-state index in [0.29, 0.717) is 5.69 Å². The summed E-state index contributed by atoms with van der Waals surface area (Å²) in [5, 5.41) is 15.8. The first-order valence-electron chi connectivity index (χ1n) is 5.20. The van der Waals surface area contributed by atoms with E-state index in [2.05, 4.69) is 10.4 Å². The summed E-state index contributed by atoms with van der Waals surface area (Å²) in [5.41, 5.74) is 1.53. The molecule has 1 aromatic heterocycles. The second-order valence-electron chi connectivity index (χ2n) is 3.79. The Hall–Kier alpha value is -2.30. The fraction of sp³-hybridized carbons (Fsp3) is 0.167. The number of phenolic OH excluding ortho intramolecular Hbond substituents is 1. The Morgan fingerprint density at radius 3 is 2.71 bits per heavy atom. The van der Waals surface area contributed by atoms with E-state index in [4.69, 9.17) is 5.11 Å². The van der Waals surface area contributed by atoms with Gasteiger partial charge in [-0.15, -0.1) is 0 Å². The third-order valence-corrected chi connectivity index (χ3v) is 2.29. The lowest BCUT2D eigenvalue weighted by Crippen LogP contribution is -2.13. The smallest absolute Gasteiger partial charge is 0.228 e. The summed E-state index contributed by atoms with van der Waals surface area (Å²) < 4.78 is 1.62. The zero-order valence-electron chi connectivity index (χ0n) is 9.42.